The van der Waals surface area contributed by atoms with Gasteiger partial charge in [0.15, 0.2) is 0 Å². The van der Waals surface area contributed by atoms with Crippen LogP contribution in [0.2, 0.25) is 5.02 Å². The van der Waals surface area contributed by atoms with Crippen molar-refractivity contribution in [2.75, 3.05) is 5.73 Å². The van der Waals surface area contributed by atoms with E-state index in [1.54, 1.807) is 6.20 Å². The average Bonchev–Trinajstić information content (AvgIpc) is 2.95. The number of pyridine rings is 1. The topological polar surface area (TPSA) is 64.7 Å². The maximum Gasteiger partial charge on any atom is 0.143 e. The van der Waals surface area contributed by atoms with E-state index in [2.05, 4.69) is 25.8 Å². The van der Waals surface area contributed by atoms with Crippen molar-refractivity contribution in [3.05, 3.63) is 35.4 Å². The molecule has 0 amide bonds. The molecule has 0 spiro atoms. The van der Waals surface area contributed by atoms with Gasteiger partial charge in [-0.15, -0.1) is 0 Å². The van der Waals surface area contributed by atoms with Crippen molar-refractivity contribution in [2.24, 2.45) is 23.2 Å². The first-order valence-electron chi connectivity index (χ1n) is 12.2. The number of anilines is 1. The number of nitrogens with two attached hydrogens (primary N) is 1. The Bertz CT molecular complexity index is 896. The molecule has 2 heterocycles. The molecule has 2 saturated carbocycles. The lowest BCUT2D eigenvalue weighted by atomic mass is 9.69. The summed E-state index contributed by atoms with van der Waals surface area (Å²) in [5.74, 6) is 3.54. The van der Waals surface area contributed by atoms with Crippen LogP contribution < -0.4 is 5.73 Å². The Hall–Kier alpha value is -1.33. The van der Waals surface area contributed by atoms with E-state index in [4.69, 9.17) is 27.3 Å². The highest BCUT2D eigenvalue weighted by Crippen LogP contribution is 2.48. The molecule has 0 saturated heterocycles. The van der Waals surface area contributed by atoms with E-state index in [1.807, 2.05) is 18.5 Å². The number of nitrogen functional groups attached to an aromatic ring is 1. The number of hydrogen-bond donors (Lipinski definition) is 1. The minimum absolute atomic E-state index is 0.350. The number of aromatic nitrogens is 3. The summed E-state index contributed by atoms with van der Waals surface area (Å²) in [4.78, 5) is 14.5. The molecule has 2 aliphatic carbocycles. The predicted molar refractivity (Wildman–Crippen MR) is 134 cm³/mol. The normalized spacial score (nSPS) is 26.4. The lowest BCUT2D eigenvalue weighted by molar-refractivity contribution is 0.142. The van der Waals surface area contributed by atoms with Gasteiger partial charge in [-0.3, -0.25) is 4.98 Å². The van der Waals surface area contributed by atoms with Gasteiger partial charge in [0.05, 0.1) is 23.1 Å². The van der Waals surface area contributed by atoms with E-state index in [0.29, 0.717) is 22.2 Å². The smallest absolute Gasteiger partial charge is 0.143 e. The highest BCUT2D eigenvalue weighted by atomic mass is 35.5. The summed E-state index contributed by atoms with van der Waals surface area (Å²) in [6.07, 6.45) is 17.8. The van der Waals surface area contributed by atoms with Crippen molar-refractivity contribution in [2.45, 2.75) is 94.4 Å². The van der Waals surface area contributed by atoms with Crippen molar-refractivity contribution in [1.29, 1.82) is 0 Å². The van der Waals surface area contributed by atoms with Gasteiger partial charge in [-0.25, -0.2) is 9.97 Å². The monoisotopic (exact) mass is 472 g/mol. The van der Waals surface area contributed by atoms with Crippen LogP contribution in [0.25, 0.3) is 0 Å². The summed E-state index contributed by atoms with van der Waals surface area (Å²) < 4.78 is 0. The molecule has 0 radical (unpaired) electrons. The highest BCUT2D eigenvalue weighted by molar-refractivity contribution is 7.99. The second-order valence-corrected chi connectivity index (χ2v) is 12.4. The third kappa shape index (κ3) is 5.96. The summed E-state index contributed by atoms with van der Waals surface area (Å²) >= 11 is 7.78. The first-order valence-corrected chi connectivity index (χ1v) is 13.4. The molecule has 0 bridgehead atoms. The molecular formula is C26H37ClN4S. The van der Waals surface area contributed by atoms with Gasteiger partial charge in [0, 0.05) is 17.0 Å². The van der Waals surface area contributed by atoms with Gasteiger partial charge in [0.1, 0.15) is 10.8 Å². The van der Waals surface area contributed by atoms with Gasteiger partial charge in [-0.2, -0.15) is 0 Å². The molecule has 2 fully saturated rings. The molecular weight excluding hydrogens is 436 g/mol. The first-order chi connectivity index (χ1) is 15.3. The van der Waals surface area contributed by atoms with Crippen LogP contribution >= 0.6 is 23.4 Å². The van der Waals surface area contributed by atoms with Crippen LogP contribution in [0.15, 0.2) is 34.6 Å². The van der Waals surface area contributed by atoms with Crippen LogP contribution in [0, 0.1) is 23.2 Å². The molecule has 0 aliphatic heterocycles. The maximum absolute atomic E-state index is 6.29. The van der Waals surface area contributed by atoms with Gasteiger partial charge >= 0.3 is 0 Å². The molecule has 0 aromatic carbocycles. The second-order valence-electron chi connectivity index (χ2n) is 11.0. The van der Waals surface area contributed by atoms with Crippen LogP contribution in [0.4, 0.5) is 5.82 Å². The van der Waals surface area contributed by atoms with Crippen molar-refractivity contribution in [3.8, 4) is 0 Å². The zero-order chi connectivity index (χ0) is 22.7. The van der Waals surface area contributed by atoms with Crippen molar-refractivity contribution < 1.29 is 0 Å². The Morgan fingerprint density at radius 3 is 2.62 bits per heavy atom. The maximum atomic E-state index is 6.29. The van der Waals surface area contributed by atoms with E-state index in [9.17, 15) is 0 Å². The third-order valence-corrected chi connectivity index (χ3v) is 8.96. The predicted octanol–water partition coefficient (Wildman–Crippen LogP) is 7.77. The number of nitrogens with zero attached hydrogens (tertiary/aromatic N) is 3. The molecule has 2 aromatic rings. The number of hydrogen-bond acceptors (Lipinski definition) is 5. The standard InChI is InChI=1S/C26H37ClN4S/c1-26(2,3)12-10-17-8-9-19(14-18-6-4-5-7-20(17)18)21-15-31-23(16-30-21)32-22-11-13-29-25(28)24(22)27/h11,13,15-20H,4-10,12,14H2,1-3H3,(H2,28,29). The zero-order valence-electron chi connectivity index (χ0n) is 19.7. The largest absolute Gasteiger partial charge is 0.382 e. The minimum Gasteiger partial charge on any atom is -0.382 e. The zero-order valence-corrected chi connectivity index (χ0v) is 21.3. The lowest BCUT2D eigenvalue weighted by Gasteiger charge is -2.37. The Morgan fingerprint density at radius 1 is 1.06 bits per heavy atom. The van der Waals surface area contributed by atoms with Crippen LogP contribution in [-0.4, -0.2) is 15.0 Å². The molecule has 4 nitrogen and oxygen atoms in total. The Labute approximate surface area is 202 Å². The fourth-order valence-electron chi connectivity index (χ4n) is 5.73. The Morgan fingerprint density at radius 2 is 1.88 bits per heavy atom. The summed E-state index contributed by atoms with van der Waals surface area (Å²) in [6.45, 7) is 7.15. The molecule has 2 aromatic heterocycles. The molecule has 32 heavy (non-hydrogen) atoms. The van der Waals surface area contributed by atoms with Crippen molar-refractivity contribution >= 4 is 29.2 Å². The van der Waals surface area contributed by atoms with E-state index in [-0.39, 0.29) is 0 Å². The van der Waals surface area contributed by atoms with Gasteiger partial charge in [-0.05, 0) is 67.8 Å². The van der Waals surface area contributed by atoms with Crippen LogP contribution in [0.1, 0.15) is 90.2 Å². The summed E-state index contributed by atoms with van der Waals surface area (Å²) in [6, 6.07) is 1.87. The summed E-state index contributed by atoms with van der Waals surface area (Å²) in [5.41, 5.74) is 7.42. The molecule has 4 atom stereocenters. The molecule has 6 heteroatoms. The van der Waals surface area contributed by atoms with Crippen molar-refractivity contribution in [3.63, 3.8) is 0 Å². The molecule has 2 aliphatic rings. The highest BCUT2D eigenvalue weighted by Gasteiger charge is 2.37. The minimum atomic E-state index is 0.350. The van der Waals surface area contributed by atoms with Gasteiger partial charge < -0.3 is 5.73 Å². The lowest BCUT2D eigenvalue weighted by Crippen LogP contribution is -2.26. The first kappa shape index (κ1) is 23.8. The molecule has 174 valence electrons. The number of rotatable bonds is 5. The molecule has 4 rings (SSSR count). The molecule has 4 unspecified atom stereocenters. The van der Waals surface area contributed by atoms with E-state index in [0.717, 1.165) is 33.4 Å². The SMILES string of the molecule is CC(C)(C)CCC1CCC(c2cnc(Sc3ccnc(N)c3Cl)cn2)CC2CCCCC12. The quantitative estimate of drug-likeness (QED) is 0.481. The fraction of sp³-hybridized carbons (Fsp3) is 0.654. The van der Waals surface area contributed by atoms with Crippen molar-refractivity contribution in [1.82, 2.24) is 15.0 Å². The van der Waals surface area contributed by atoms with Crippen LogP contribution in [0.3, 0.4) is 0 Å². The Kier molecular flexibility index (Phi) is 7.66. The average molecular weight is 473 g/mol. The van der Waals surface area contributed by atoms with Crippen LogP contribution in [-0.2, 0) is 0 Å². The molecule has 2 N–H and O–H groups in total. The number of fused-ring (bicyclic) bond motifs is 1. The van der Waals surface area contributed by atoms with Gasteiger partial charge in [-0.1, -0.05) is 63.4 Å². The van der Waals surface area contributed by atoms with Crippen LogP contribution in [0.5, 0.6) is 0 Å². The van der Waals surface area contributed by atoms with Gasteiger partial charge in [0.25, 0.3) is 0 Å². The van der Waals surface area contributed by atoms with E-state index < -0.39 is 0 Å². The van der Waals surface area contributed by atoms with E-state index >= 15 is 0 Å². The van der Waals surface area contributed by atoms with Gasteiger partial charge in [0.2, 0.25) is 0 Å². The summed E-state index contributed by atoms with van der Waals surface area (Å²) in [7, 11) is 0. The Balaban J connectivity index is 1.45. The fourth-order valence-corrected chi connectivity index (χ4v) is 6.72. The third-order valence-electron chi connectivity index (χ3n) is 7.47. The van der Waals surface area contributed by atoms with E-state index in [1.165, 1.54) is 69.5 Å². The second kappa shape index (κ2) is 10.3. The summed E-state index contributed by atoms with van der Waals surface area (Å²) in [5, 5.41) is 1.32. The number of halogens is 1.